The number of rotatable bonds is 3. The first-order valence-corrected chi connectivity index (χ1v) is 7.79. The molecule has 3 N–H and O–H groups in total. The predicted octanol–water partition coefficient (Wildman–Crippen LogP) is 2.86. The van der Waals surface area contributed by atoms with E-state index in [-0.39, 0.29) is 16.3 Å². The molecule has 2 aromatic carbocycles. The van der Waals surface area contributed by atoms with Crippen LogP contribution in [-0.2, 0) is 9.84 Å². The summed E-state index contributed by atoms with van der Waals surface area (Å²) >= 11 is 0. The summed E-state index contributed by atoms with van der Waals surface area (Å²) < 4.78 is 36.6. The smallest absolute Gasteiger partial charge is 0.175 e. The maximum Gasteiger partial charge on any atom is 0.175 e. The first kappa shape index (κ1) is 14.3. The SMILES string of the molecule is Cc1ccc(Nc2ccc(S(C)(=O)=O)cc2N)c(F)c1. The van der Waals surface area contributed by atoms with E-state index in [1.807, 2.05) is 0 Å². The third-order valence-electron chi connectivity index (χ3n) is 2.85. The molecule has 0 spiro atoms. The van der Waals surface area contributed by atoms with Crippen LogP contribution in [0.1, 0.15) is 5.56 Å². The second-order valence-electron chi connectivity index (χ2n) is 4.63. The molecule has 0 atom stereocenters. The summed E-state index contributed by atoms with van der Waals surface area (Å²) in [6.07, 6.45) is 1.11. The lowest BCUT2D eigenvalue weighted by molar-refractivity contribution is 0.602. The summed E-state index contributed by atoms with van der Waals surface area (Å²) in [5.41, 5.74) is 7.60. The number of nitrogens with two attached hydrogens (primary N) is 1. The van der Waals surface area contributed by atoms with Crippen molar-refractivity contribution in [2.24, 2.45) is 0 Å². The quantitative estimate of drug-likeness (QED) is 0.854. The lowest BCUT2D eigenvalue weighted by Crippen LogP contribution is -2.02. The number of benzene rings is 2. The molecule has 0 aliphatic rings. The number of halogens is 1. The minimum atomic E-state index is -3.31. The van der Waals surface area contributed by atoms with Crippen LogP contribution in [0.3, 0.4) is 0 Å². The Morgan fingerprint density at radius 2 is 1.75 bits per heavy atom. The highest BCUT2D eigenvalue weighted by Crippen LogP contribution is 2.27. The molecule has 0 aliphatic carbocycles. The van der Waals surface area contributed by atoms with E-state index in [1.54, 1.807) is 19.1 Å². The molecule has 20 heavy (non-hydrogen) atoms. The van der Waals surface area contributed by atoms with Gasteiger partial charge in [-0.05, 0) is 42.8 Å². The topological polar surface area (TPSA) is 72.2 Å². The molecule has 6 heteroatoms. The lowest BCUT2D eigenvalue weighted by Gasteiger charge is -2.11. The molecule has 0 aromatic heterocycles. The molecule has 0 heterocycles. The van der Waals surface area contributed by atoms with Crippen LogP contribution in [0.15, 0.2) is 41.3 Å². The Balaban J connectivity index is 2.35. The van der Waals surface area contributed by atoms with Crippen LogP contribution < -0.4 is 11.1 Å². The predicted molar refractivity (Wildman–Crippen MR) is 78.4 cm³/mol. The van der Waals surface area contributed by atoms with Crippen molar-refractivity contribution in [3.63, 3.8) is 0 Å². The summed E-state index contributed by atoms with van der Waals surface area (Å²) in [5, 5.41) is 2.85. The fourth-order valence-electron chi connectivity index (χ4n) is 1.75. The van der Waals surface area contributed by atoms with Gasteiger partial charge in [0.05, 0.1) is 22.0 Å². The standard InChI is InChI=1S/C14H15FN2O2S/c1-9-3-5-13(11(15)7-9)17-14-6-4-10(8-12(14)16)20(2,18)19/h3-8,17H,16H2,1-2H3. The Labute approximate surface area is 117 Å². The van der Waals surface area contributed by atoms with Gasteiger partial charge in [-0.2, -0.15) is 0 Å². The Morgan fingerprint density at radius 1 is 1.10 bits per heavy atom. The van der Waals surface area contributed by atoms with E-state index in [4.69, 9.17) is 5.73 Å². The number of aryl methyl sites for hydroxylation is 1. The monoisotopic (exact) mass is 294 g/mol. The van der Waals surface area contributed by atoms with Gasteiger partial charge in [0, 0.05) is 6.26 Å². The molecule has 0 radical (unpaired) electrons. The summed E-state index contributed by atoms with van der Waals surface area (Å²) in [4.78, 5) is 0.130. The van der Waals surface area contributed by atoms with Crippen LogP contribution in [-0.4, -0.2) is 14.7 Å². The molecule has 0 aliphatic heterocycles. The van der Waals surface area contributed by atoms with Crippen molar-refractivity contribution in [1.82, 2.24) is 0 Å². The highest BCUT2D eigenvalue weighted by atomic mass is 32.2. The molecule has 0 bridgehead atoms. The van der Waals surface area contributed by atoms with Crippen molar-refractivity contribution in [3.8, 4) is 0 Å². The van der Waals surface area contributed by atoms with E-state index in [0.29, 0.717) is 5.69 Å². The van der Waals surface area contributed by atoms with E-state index in [9.17, 15) is 12.8 Å². The van der Waals surface area contributed by atoms with Crippen LogP contribution in [0.5, 0.6) is 0 Å². The van der Waals surface area contributed by atoms with Gasteiger partial charge in [0.15, 0.2) is 9.84 Å². The molecule has 0 saturated carbocycles. The molecule has 0 unspecified atom stereocenters. The molecule has 4 nitrogen and oxygen atoms in total. The number of hydrogen-bond donors (Lipinski definition) is 2. The van der Waals surface area contributed by atoms with Crippen molar-refractivity contribution >= 4 is 26.9 Å². The first-order chi connectivity index (χ1) is 9.27. The van der Waals surface area contributed by atoms with Crippen LogP contribution in [0.4, 0.5) is 21.5 Å². The van der Waals surface area contributed by atoms with Crippen molar-refractivity contribution in [2.75, 3.05) is 17.3 Å². The van der Waals surface area contributed by atoms with Gasteiger partial charge in [-0.1, -0.05) is 6.07 Å². The average Bonchev–Trinajstić information content (AvgIpc) is 2.33. The Hall–Kier alpha value is -2.08. The number of hydrogen-bond acceptors (Lipinski definition) is 4. The number of anilines is 3. The molecule has 0 fully saturated rings. The van der Waals surface area contributed by atoms with Gasteiger partial charge in [-0.15, -0.1) is 0 Å². The van der Waals surface area contributed by atoms with E-state index in [0.717, 1.165) is 11.8 Å². The molecule has 2 rings (SSSR count). The minimum Gasteiger partial charge on any atom is -0.397 e. The third kappa shape index (κ3) is 3.08. The zero-order valence-electron chi connectivity index (χ0n) is 11.1. The number of sulfone groups is 1. The summed E-state index contributed by atoms with van der Waals surface area (Å²) in [5.74, 6) is -0.392. The van der Waals surface area contributed by atoms with Gasteiger partial charge in [0.1, 0.15) is 5.82 Å². The van der Waals surface area contributed by atoms with Crippen molar-refractivity contribution in [2.45, 2.75) is 11.8 Å². The zero-order chi connectivity index (χ0) is 14.9. The summed E-state index contributed by atoms with van der Waals surface area (Å²) in [6, 6.07) is 9.08. The Kier molecular flexibility index (Phi) is 3.67. The second kappa shape index (κ2) is 5.13. The fraction of sp³-hybridized carbons (Fsp3) is 0.143. The molecule has 0 amide bonds. The van der Waals surface area contributed by atoms with Gasteiger partial charge in [0.25, 0.3) is 0 Å². The van der Waals surface area contributed by atoms with Gasteiger partial charge < -0.3 is 11.1 Å². The maximum atomic E-state index is 13.7. The van der Waals surface area contributed by atoms with Crippen molar-refractivity contribution in [3.05, 3.63) is 47.8 Å². The molecule has 0 saturated heterocycles. The van der Waals surface area contributed by atoms with E-state index in [2.05, 4.69) is 5.32 Å². The van der Waals surface area contributed by atoms with Crippen molar-refractivity contribution in [1.29, 1.82) is 0 Å². The zero-order valence-corrected chi connectivity index (χ0v) is 12.0. The molecular formula is C14H15FN2O2S. The lowest BCUT2D eigenvalue weighted by atomic mass is 10.2. The van der Waals surface area contributed by atoms with E-state index in [1.165, 1.54) is 24.3 Å². The fourth-order valence-corrected chi connectivity index (χ4v) is 2.41. The molecular weight excluding hydrogens is 279 g/mol. The maximum absolute atomic E-state index is 13.7. The van der Waals surface area contributed by atoms with Gasteiger partial charge in [0.2, 0.25) is 0 Å². The average molecular weight is 294 g/mol. The summed E-state index contributed by atoms with van der Waals surface area (Å²) in [6.45, 7) is 1.79. The van der Waals surface area contributed by atoms with Crippen molar-refractivity contribution < 1.29 is 12.8 Å². The highest BCUT2D eigenvalue weighted by Gasteiger charge is 2.10. The molecule has 2 aromatic rings. The van der Waals surface area contributed by atoms with Crippen LogP contribution >= 0.6 is 0 Å². The molecule has 106 valence electrons. The van der Waals surface area contributed by atoms with Crippen LogP contribution in [0, 0.1) is 12.7 Å². The first-order valence-electron chi connectivity index (χ1n) is 5.90. The third-order valence-corrected chi connectivity index (χ3v) is 3.96. The minimum absolute atomic E-state index is 0.130. The second-order valence-corrected chi connectivity index (χ2v) is 6.65. The number of nitrogen functional groups attached to an aromatic ring is 1. The van der Waals surface area contributed by atoms with Gasteiger partial charge in [-0.25, -0.2) is 12.8 Å². The van der Waals surface area contributed by atoms with Gasteiger partial charge in [-0.3, -0.25) is 0 Å². The van der Waals surface area contributed by atoms with Gasteiger partial charge >= 0.3 is 0 Å². The summed E-state index contributed by atoms with van der Waals surface area (Å²) in [7, 11) is -3.31. The normalized spacial score (nSPS) is 11.3. The van der Waals surface area contributed by atoms with E-state index < -0.39 is 15.7 Å². The van der Waals surface area contributed by atoms with Crippen LogP contribution in [0.2, 0.25) is 0 Å². The van der Waals surface area contributed by atoms with Crippen LogP contribution in [0.25, 0.3) is 0 Å². The van der Waals surface area contributed by atoms with E-state index >= 15 is 0 Å². The Morgan fingerprint density at radius 3 is 2.30 bits per heavy atom. The number of nitrogens with one attached hydrogen (secondary N) is 1. The highest BCUT2D eigenvalue weighted by molar-refractivity contribution is 7.90. The Bertz CT molecular complexity index is 758. The largest absolute Gasteiger partial charge is 0.397 e.